The van der Waals surface area contributed by atoms with E-state index in [-0.39, 0.29) is 5.97 Å². The van der Waals surface area contributed by atoms with E-state index in [1.165, 1.54) is 0 Å². The fourth-order valence-electron chi connectivity index (χ4n) is 1.47. The molecule has 0 aromatic carbocycles. The van der Waals surface area contributed by atoms with Gasteiger partial charge in [-0.3, -0.25) is 4.79 Å². The van der Waals surface area contributed by atoms with Crippen molar-refractivity contribution in [2.45, 2.75) is 46.1 Å². The van der Waals surface area contributed by atoms with Crippen molar-refractivity contribution in [2.75, 3.05) is 26.4 Å². The topological polar surface area (TPSA) is 47.6 Å². The highest BCUT2D eigenvalue weighted by molar-refractivity contribution is 5.80. The van der Waals surface area contributed by atoms with Gasteiger partial charge in [0, 0.05) is 13.2 Å². The van der Waals surface area contributed by atoms with Crippen LogP contribution in [0.15, 0.2) is 0 Å². The number of hydrogen-bond acceptors (Lipinski definition) is 4. The smallest absolute Gasteiger partial charge is 0.326 e. The number of rotatable bonds is 9. The summed E-state index contributed by atoms with van der Waals surface area (Å²) in [6.45, 7) is 10.2. The molecule has 0 aromatic heterocycles. The van der Waals surface area contributed by atoms with Crippen LogP contribution in [0, 0.1) is 0 Å². The van der Waals surface area contributed by atoms with E-state index < -0.39 is 5.54 Å². The summed E-state index contributed by atoms with van der Waals surface area (Å²) in [4.78, 5) is 11.8. The van der Waals surface area contributed by atoms with Crippen LogP contribution in [-0.4, -0.2) is 37.9 Å². The van der Waals surface area contributed by atoms with Crippen molar-refractivity contribution in [3.8, 4) is 0 Å². The Morgan fingerprint density at radius 2 is 1.94 bits per heavy atom. The minimum Gasteiger partial charge on any atom is -0.465 e. The third-order valence-corrected chi connectivity index (χ3v) is 2.39. The van der Waals surface area contributed by atoms with E-state index in [0.29, 0.717) is 19.6 Å². The molecule has 96 valence electrons. The normalized spacial score (nSPS) is 14.5. The maximum Gasteiger partial charge on any atom is 0.326 e. The van der Waals surface area contributed by atoms with Gasteiger partial charge in [-0.15, -0.1) is 0 Å². The number of carbonyl (C=O) groups is 1. The predicted molar refractivity (Wildman–Crippen MR) is 64.4 cm³/mol. The Kier molecular flexibility index (Phi) is 8.21. The van der Waals surface area contributed by atoms with E-state index in [2.05, 4.69) is 12.2 Å². The van der Waals surface area contributed by atoms with Crippen LogP contribution in [0.1, 0.15) is 40.5 Å². The lowest BCUT2D eigenvalue weighted by Crippen LogP contribution is -2.51. The maximum absolute atomic E-state index is 11.8. The second kappa shape index (κ2) is 8.53. The average molecular weight is 231 g/mol. The molecule has 0 aliphatic carbocycles. The van der Waals surface area contributed by atoms with E-state index >= 15 is 0 Å². The molecule has 0 fully saturated rings. The van der Waals surface area contributed by atoms with Gasteiger partial charge in [0.25, 0.3) is 0 Å². The first-order chi connectivity index (χ1) is 7.60. The maximum atomic E-state index is 11.8. The molecule has 0 rings (SSSR count). The highest BCUT2D eigenvalue weighted by Crippen LogP contribution is 2.12. The summed E-state index contributed by atoms with van der Waals surface area (Å²) in [6, 6.07) is 0. The van der Waals surface area contributed by atoms with E-state index in [1.54, 1.807) is 0 Å². The minimum atomic E-state index is -0.626. The van der Waals surface area contributed by atoms with Crippen molar-refractivity contribution in [1.82, 2.24) is 5.32 Å². The molecular formula is C12H25NO3. The second-order valence-electron chi connectivity index (χ2n) is 3.95. The van der Waals surface area contributed by atoms with Gasteiger partial charge in [0.2, 0.25) is 0 Å². The van der Waals surface area contributed by atoms with Gasteiger partial charge in [-0.25, -0.2) is 0 Å². The van der Waals surface area contributed by atoms with Crippen LogP contribution in [0.5, 0.6) is 0 Å². The van der Waals surface area contributed by atoms with E-state index in [9.17, 15) is 4.79 Å². The quantitative estimate of drug-likeness (QED) is 0.485. The Balaban J connectivity index is 4.15. The van der Waals surface area contributed by atoms with Crippen LogP contribution in [0.3, 0.4) is 0 Å². The lowest BCUT2D eigenvalue weighted by atomic mass is 9.98. The lowest BCUT2D eigenvalue weighted by molar-refractivity contribution is -0.151. The van der Waals surface area contributed by atoms with Crippen LogP contribution in [0.2, 0.25) is 0 Å². The molecule has 0 aliphatic rings. The molecule has 0 spiro atoms. The standard InChI is InChI=1S/C12H25NO3/c1-5-9-15-10-8-12(4,13-6-2)11(14)16-7-3/h13H,5-10H2,1-4H3. The van der Waals surface area contributed by atoms with Gasteiger partial charge >= 0.3 is 5.97 Å². The monoisotopic (exact) mass is 231 g/mol. The molecule has 0 saturated heterocycles. The summed E-state index contributed by atoms with van der Waals surface area (Å²) in [6.07, 6.45) is 1.64. The Labute approximate surface area is 98.7 Å². The zero-order valence-corrected chi connectivity index (χ0v) is 11.0. The summed E-state index contributed by atoms with van der Waals surface area (Å²) in [5.74, 6) is -0.197. The highest BCUT2D eigenvalue weighted by Gasteiger charge is 2.33. The zero-order chi connectivity index (χ0) is 12.4. The van der Waals surface area contributed by atoms with Gasteiger partial charge in [-0.05, 0) is 33.2 Å². The Morgan fingerprint density at radius 3 is 2.44 bits per heavy atom. The largest absolute Gasteiger partial charge is 0.465 e. The van der Waals surface area contributed by atoms with Gasteiger partial charge in [0.15, 0.2) is 0 Å². The van der Waals surface area contributed by atoms with Gasteiger partial charge in [0.05, 0.1) is 6.61 Å². The third kappa shape index (κ3) is 5.47. The first-order valence-corrected chi connectivity index (χ1v) is 6.10. The minimum absolute atomic E-state index is 0.197. The Bertz CT molecular complexity index is 197. The summed E-state index contributed by atoms with van der Waals surface area (Å²) in [5.41, 5.74) is -0.626. The number of carbonyl (C=O) groups excluding carboxylic acids is 1. The molecule has 1 unspecified atom stereocenters. The number of nitrogens with one attached hydrogen (secondary N) is 1. The average Bonchev–Trinajstić information content (AvgIpc) is 2.25. The molecule has 0 amide bonds. The highest BCUT2D eigenvalue weighted by atomic mass is 16.5. The molecule has 0 saturated carbocycles. The van der Waals surface area contributed by atoms with Crippen LogP contribution in [-0.2, 0) is 14.3 Å². The second-order valence-corrected chi connectivity index (χ2v) is 3.95. The van der Waals surface area contributed by atoms with Crippen molar-refractivity contribution in [1.29, 1.82) is 0 Å². The van der Waals surface area contributed by atoms with Gasteiger partial charge in [-0.2, -0.15) is 0 Å². The molecule has 0 aliphatic heterocycles. The van der Waals surface area contributed by atoms with Crippen LogP contribution >= 0.6 is 0 Å². The third-order valence-electron chi connectivity index (χ3n) is 2.39. The number of esters is 1. The Morgan fingerprint density at radius 1 is 1.25 bits per heavy atom. The molecule has 1 atom stereocenters. The van der Waals surface area contributed by atoms with Crippen molar-refractivity contribution in [3.63, 3.8) is 0 Å². The summed E-state index contributed by atoms with van der Waals surface area (Å²) in [5, 5.41) is 3.17. The van der Waals surface area contributed by atoms with Crippen LogP contribution < -0.4 is 5.32 Å². The molecule has 0 heterocycles. The fraction of sp³-hybridized carbons (Fsp3) is 0.917. The number of likely N-dealkylation sites (N-methyl/N-ethyl adjacent to an activating group) is 1. The summed E-state index contributed by atoms with van der Waals surface area (Å²) in [7, 11) is 0. The molecule has 16 heavy (non-hydrogen) atoms. The van der Waals surface area contributed by atoms with Crippen molar-refractivity contribution in [2.24, 2.45) is 0 Å². The summed E-state index contributed by atoms with van der Waals surface area (Å²) >= 11 is 0. The number of hydrogen-bond donors (Lipinski definition) is 1. The first-order valence-electron chi connectivity index (χ1n) is 6.10. The fourth-order valence-corrected chi connectivity index (χ4v) is 1.47. The molecule has 0 bridgehead atoms. The van der Waals surface area contributed by atoms with Crippen molar-refractivity contribution < 1.29 is 14.3 Å². The van der Waals surface area contributed by atoms with Crippen LogP contribution in [0.25, 0.3) is 0 Å². The Hall–Kier alpha value is -0.610. The van der Waals surface area contributed by atoms with Gasteiger partial charge < -0.3 is 14.8 Å². The molecule has 0 radical (unpaired) electrons. The molecule has 4 nitrogen and oxygen atoms in total. The first kappa shape index (κ1) is 15.4. The summed E-state index contributed by atoms with van der Waals surface area (Å²) < 4.78 is 10.5. The predicted octanol–water partition coefficient (Wildman–Crippen LogP) is 1.73. The zero-order valence-electron chi connectivity index (χ0n) is 11.0. The van der Waals surface area contributed by atoms with Crippen molar-refractivity contribution in [3.05, 3.63) is 0 Å². The van der Waals surface area contributed by atoms with E-state index in [4.69, 9.17) is 9.47 Å². The van der Waals surface area contributed by atoms with E-state index in [1.807, 2.05) is 20.8 Å². The lowest BCUT2D eigenvalue weighted by Gasteiger charge is -2.27. The number of ether oxygens (including phenoxy) is 2. The molecule has 4 heteroatoms. The van der Waals surface area contributed by atoms with Gasteiger partial charge in [-0.1, -0.05) is 13.8 Å². The van der Waals surface area contributed by atoms with Crippen LogP contribution in [0.4, 0.5) is 0 Å². The van der Waals surface area contributed by atoms with Gasteiger partial charge in [0.1, 0.15) is 5.54 Å². The SMILES string of the molecule is CCCOCCC(C)(NCC)C(=O)OCC. The van der Waals surface area contributed by atoms with Crippen molar-refractivity contribution >= 4 is 5.97 Å². The van der Waals surface area contributed by atoms with E-state index in [0.717, 1.165) is 19.6 Å². The molecule has 0 aromatic rings. The molecule has 1 N–H and O–H groups in total. The molecular weight excluding hydrogens is 206 g/mol.